The van der Waals surface area contributed by atoms with Crippen LogP contribution >= 0.6 is 0 Å². The van der Waals surface area contributed by atoms with Gasteiger partial charge in [0.05, 0.1) is 18.3 Å². The van der Waals surface area contributed by atoms with Gasteiger partial charge in [0.15, 0.2) is 0 Å². The van der Waals surface area contributed by atoms with E-state index in [-0.39, 0.29) is 18.4 Å². The summed E-state index contributed by atoms with van der Waals surface area (Å²) >= 11 is 0. The van der Waals surface area contributed by atoms with Gasteiger partial charge in [-0.2, -0.15) is 5.10 Å². The van der Waals surface area contributed by atoms with Crippen molar-refractivity contribution in [2.24, 2.45) is 7.05 Å². The molecule has 88 valence electrons. The maximum Gasteiger partial charge on any atom is 0.254 e. The molecule has 0 fully saturated rings. The number of carbonyl (C=O) groups is 2. The molecule has 6 heteroatoms. The van der Waals surface area contributed by atoms with Crippen LogP contribution in [-0.2, 0) is 11.8 Å². The first-order valence-corrected chi connectivity index (χ1v) is 5.17. The molecular formula is C10H16N4O2. The van der Waals surface area contributed by atoms with Crippen molar-refractivity contribution in [2.75, 3.05) is 13.1 Å². The van der Waals surface area contributed by atoms with Crippen LogP contribution in [0.2, 0.25) is 0 Å². The Kier molecular flexibility index (Phi) is 4.50. The van der Waals surface area contributed by atoms with Gasteiger partial charge in [0, 0.05) is 19.8 Å². The van der Waals surface area contributed by atoms with Crippen molar-refractivity contribution in [3.63, 3.8) is 0 Å². The fourth-order valence-corrected chi connectivity index (χ4v) is 1.13. The van der Waals surface area contributed by atoms with Gasteiger partial charge in [-0.25, -0.2) is 0 Å². The number of carbonyl (C=O) groups excluding carboxylic acids is 2. The van der Waals surface area contributed by atoms with Crippen LogP contribution in [0.4, 0.5) is 0 Å². The van der Waals surface area contributed by atoms with Gasteiger partial charge in [-0.15, -0.1) is 0 Å². The molecule has 1 aromatic rings. The highest BCUT2D eigenvalue weighted by Crippen LogP contribution is 1.94. The zero-order valence-corrected chi connectivity index (χ0v) is 9.49. The third-order valence-electron chi connectivity index (χ3n) is 1.95. The molecule has 0 spiro atoms. The van der Waals surface area contributed by atoms with Gasteiger partial charge in [0.1, 0.15) is 0 Å². The summed E-state index contributed by atoms with van der Waals surface area (Å²) in [5.74, 6) is -0.473. The monoisotopic (exact) mass is 224 g/mol. The first-order valence-electron chi connectivity index (χ1n) is 5.17. The summed E-state index contributed by atoms with van der Waals surface area (Å²) in [6, 6.07) is 0. The van der Waals surface area contributed by atoms with Crippen molar-refractivity contribution >= 4 is 11.8 Å². The Bertz CT molecular complexity index is 373. The molecule has 0 bridgehead atoms. The van der Waals surface area contributed by atoms with E-state index in [0.29, 0.717) is 12.1 Å². The molecule has 1 aromatic heterocycles. The summed E-state index contributed by atoms with van der Waals surface area (Å²) in [6.07, 6.45) is 3.93. The second-order valence-electron chi connectivity index (χ2n) is 3.44. The van der Waals surface area contributed by atoms with Crippen molar-refractivity contribution in [3.05, 3.63) is 18.0 Å². The van der Waals surface area contributed by atoms with Gasteiger partial charge in [0.2, 0.25) is 5.91 Å². The Labute approximate surface area is 94.0 Å². The second kappa shape index (κ2) is 5.89. The number of rotatable bonds is 5. The standard InChI is InChI=1S/C10H16N4O2/c1-3-4-11-9(15)6-12-10(16)8-5-13-14(2)7-8/h5,7H,3-4,6H2,1-2H3,(H,11,15)(H,12,16). The fraction of sp³-hybridized carbons (Fsp3) is 0.500. The third kappa shape index (κ3) is 3.72. The molecule has 16 heavy (non-hydrogen) atoms. The van der Waals surface area contributed by atoms with Crippen LogP contribution in [0.1, 0.15) is 23.7 Å². The SMILES string of the molecule is CCCNC(=O)CNC(=O)c1cnn(C)c1. The number of nitrogens with zero attached hydrogens (tertiary/aromatic N) is 2. The van der Waals surface area contributed by atoms with Crippen molar-refractivity contribution in [1.29, 1.82) is 0 Å². The molecule has 0 atom stereocenters. The molecule has 0 saturated heterocycles. The number of aryl methyl sites for hydroxylation is 1. The number of amides is 2. The molecule has 0 unspecified atom stereocenters. The van der Waals surface area contributed by atoms with Crippen molar-refractivity contribution in [3.8, 4) is 0 Å². The van der Waals surface area contributed by atoms with E-state index >= 15 is 0 Å². The van der Waals surface area contributed by atoms with Crippen LogP contribution in [0.25, 0.3) is 0 Å². The van der Waals surface area contributed by atoms with Crippen LogP contribution in [0.5, 0.6) is 0 Å². The number of hydrogen-bond acceptors (Lipinski definition) is 3. The summed E-state index contributed by atoms with van der Waals surface area (Å²) in [6.45, 7) is 2.59. The molecule has 0 radical (unpaired) electrons. The molecule has 6 nitrogen and oxygen atoms in total. The fourth-order valence-electron chi connectivity index (χ4n) is 1.13. The topological polar surface area (TPSA) is 76.0 Å². The van der Waals surface area contributed by atoms with Gasteiger partial charge >= 0.3 is 0 Å². The summed E-state index contributed by atoms with van der Waals surface area (Å²) in [5, 5.41) is 9.06. The minimum Gasteiger partial charge on any atom is -0.355 e. The quantitative estimate of drug-likeness (QED) is 0.719. The van der Waals surface area contributed by atoms with Crippen LogP contribution < -0.4 is 10.6 Å². The predicted octanol–water partition coefficient (Wildman–Crippen LogP) is -0.324. The highest BCUT2D eigenvalue weighted by molar-refractivity contribution is 5.95. The summed E-state index contributed by atoms with van der Waals surface area (Å²) in [4.78, 5) is 22.7. The lowest BCUT2D eigenvalue weighted by Gasteiger charge is -2.04. The summed E-state index contributed by atoms with van der Waals surface area (Å²) in [5.41, 5.74) is 0.450. The van der Waals surface area contributed by atoms with E-state index in [9.17, 15) is 9.59 Å². The van der Waals surface area contributed by atoms with Crippen LogP contribution in [0, 0.1) is 0 Å². The number of hydrogen-bond donors (Lipinski definition) is 2. The molecule has 0 aliphatic rings. The minimum atomic E-state index is -0.292. The Morgan fingerprint density at radius 1 is 1.44 bits per heavy atom. The lowest BCUT2D eigenvalue weighted by molar-refractivity contribution is -0.120. The van der Waals surface area contributed by atoms with Crippen molar-refractivity contribution < 1.29 is 9.59 Å². The van der Waals surface area contributed by atoms with Crippen molar-refractivity contribution in [1.82, 2.24) is 20.4 Å². The Hall–Kier alpha value is -1.85. The molecule has 2 amide bonds. The van der Waals surface area contributed by atoms with E-state index in [1.54, 1.807) is 13.2 Å². The number of nitrogens with one attached hydrogen (secondary N) is 2. The maximum absolute atomic E-state index is 11.5. The lowest BCUT2D eigenvalue weighted by Crippen LogP contribution is -2.37. The Morgan fingerprint density at radius 3 is 2.75 bits per heavy atom. The third-order valence-corrected chi connectivity index (χ3v) is 1.95. The molecule has 0 aliphatic carbocycles. The molecule has 0 saturated carbocycles. The molecule has 0 aliphatic heterocycles. The highest BCUT2D eigenvalue weighted by Gasteiger charge is 2.08. The number of aromatic nitrogens is 2. The Balaban J connectivity index is 2.33. The van der Waals surface area contributed by atoms with Crippen LogP contribution in [-0.4, -0.2) is 34.7 Å². The van der Waals surface area contributed by atoms with Gasteiger partial charge in [-0.05, 0) is 6.42 Å². The zero-order valence-electron chi connectivity index (χ0n) is 9.49. The van der Waals surface area contributed by atoms with E-state index in [1.165, 1.54) is 10.9 Å². The van der Waals surface area contributed by atoms with Gasteiger partial charge in [-0.1, -0.05) is 6.92 Å². The lowest BCUT2D eigenvalue weighted by atomic mass is 10.3. The molecule has 1 rings (SSSR count). The first kappa shape index (κ1) is 12.2. The van der Waals surface area contributed by atoms with Crippen LogP contribution in [0.15, 0.2) is 12.4 Å². The van der Waals surface area contributed by atoms with E-state index in [0.717, 1.165) is 6.42 Å². The van der Waals surface area contributed by atoms with E-state index in [1.807, 2.05) is 6.92 Å². The van der Waals surface area contributed by atoms with Gasteiger partial charge in [-0.3, -0.25) is 14.3 Å². The normalized spacial score (nSPS) is 9.88. The zero-order chi connectivity index (χ0) is 12.0. The largest absolute Gasteiger partial charge is 0.355 e. The van der Waals surface area contributed by atoms with E-state index < -0.39 is 0 Å². The van der Waals surface area contributed by atoms with Gasteiger partial charge < -0.3 is 10.6 Å². The molecule has 2 N–H and O–H groups in total. The molecular weight excluding hydrogens is 208 g/mol. The molecule has 0 aromatic carbocycles. The van der Waals surface area contributed by atoms with E-state index in [2.05, 4.69) is 15.7 Å². The highest BCUT2D eigenvalue weighted by atomic mass is 16.2. The summed E-state index contributed by atoms with van der Waals surface area (Å²) < 4.78 is 1.53. The smallest absolute Gasteiger partial charge is 0.254 e. The average molecular weight is 224 g/mol. The van der Waals surface area contributed by atoms with Crippen LogP contribution in [0.3, 0.4) is 0 Å². The Morgan fingerprint density at radius 2 is 2.19 bits per heavy atom. The summed E-state index contributed by atoms with van der Waals surface area (Å²) in [7, 11) is 1.73. The molecule has 1 heterocycles. The second-order valence-corrected chi connectivity index (χ2v) is 3.44. The minimum absolute atomic E-state index is 0.00622. The predicted molar refractivity (Wildman–Crippen MR) is 58.8 cm³/mol. The van der Waals surface area contributed by atoms with E-state index in [4.69, 9.17) is 0 Å². The maximum atomic E-state index is 11.5. The van der Waals surface area contributed by atoms with Crippen molar-refractivity contribution in [2.45, 2.75) is 13.3 Å². The average Bonchev–Trinajstić information content (AvgIpc) is 2.69. The first-order chi connectivity index (χ1) is 7.63. The van der Waals surface area contributed by atoms with Gasteiger partial charge in [0.25, 0.3) is 5.91 Å².